The molecule has 31 heavy (non-hydrogen) atoms. The number of carbonyl (C=O) groups is 4. The van der Waals surface area contributed by atoms with E-state index in [-0.39, 0.29) is 18.8 Å². The molecule has 2 saturated heterocycles. The molecule has 3 heterocycles. The molecule has 0 spiro atoms. The van der Waals surface area contributed by atoms with Gasteiger partial charge in [0.15, 0.2) is 24.3 Å². The van der Waals surface area contributed by atoms with Gasteiger partial charge in [-0.3, -0.25) is 9.36 Å². The van der Waals surface area contributed by atoms with Crippen LogP contribution in [0.25, 0.3) is 0 Å². The minimum Gasteiger partial charge on any atom is -0.463 e. The summed E-state index contributed by atoms with van der Waals surface area (Å²) < 4.78 is 22.0. The third kappa shape index (κ3) is 4.91. The lowest BCUT2D eigenvalue weighted by Crippen LogP contribution is -2.48. The van der Waals surface area contributed by atoms with Gasteiger partial charge >= 0.3 is 29.7 Å². The SMILES string of the molecule is CCCC(=O)OC[C@H]1O[C@@H](n2ccc(NOC(=O)NC)nc2=O)C2OC(=O)C(=O)OC21. The summed E-state index contributed by atoms with van der Waals surface area (Å²) in [7, 11) is 1.34. The second-order valence-corrected chi connectivity index (χ2v) is 6.48. The molecule has 2 aliphatic heterocycles. The van der Waals surface area contributed by atoms with Gasteiger partial charge in [0, 0.05) is 25.7 Å². The Morgan fingerprint density at radius 3 is 2.55 bits per heavy atom. The van der Waals surface area contributed by atoms with Crippen LogP contribution in [0.4, 0.5) is 10.6 Å². The Labute approximate surface area is 174 Å². The zero-order chi connectivity index (χ0) is 22.5. The number of rotatable bonds is 7. The van der Waals surface area contributed by atoms with Gasteiger partial charge in [-0.25, -0.2) is 19.2 Å². The summed E-state index contributed by atoms with van der Waals surface area (Å²) in [5, 5.41) is 2.20. The predicted octanol–water partition coefficient (Wildman–Crippen LogP) is -0.996. The Balaban J connectivity index is 1.78. The largest absolute Gasteiger partial charge is 0.463 e. The first-order chi connectivity index (χ1) is 14.8. The molecule has 3 rings (SSSR count). The van der Waals surface area contributed by atoms with E-state index in [1.165, 1.54) is 19.3 Å². The fraction of sp³-hybridized carbons (Fsp3) is 0.529. The van der Waals surface area contributed by atoms with Crippen molar-refractivity contribution in [3.05, 3.63) is 22.7 Å². The second-order valence-electron chi connectivity index (χ2n) is 6.48. The van der Waals surface area contributed by atoms with Crippen LogP contribution in [-0.4, -0.2) is 65.5 Å². The van der Waals surface area contributed by atoms with Crippen molar-refractivity contribution in [1.29, 1.82) is 0 Å². The smallest absolute Gasteiger partial charge is 0.431 e. The highest BCUT2D eigenvalue weighted by Crippen LogP contribution is 2.35. The third-order valence-corrected chi connectivity index (χ3v) is 4.36. The summed E-state index contributed by atoms with van der Waals surface area (Å²) in [5.74, 6) is -3.00. The molecule has 14 heteroatoms. The highest BCUT2D eigenvalue weighted by atomic mass is 16.7. The summed E-state index contributed by atoms with van der Waals surface area (Å²) in [5.41, 5.74) is 1.35. The number of nitrogens with zero attached hydrogens (tertiary/aromatic N) is 2. The maximum Gasteiger partial charge on any atom is 0.431 e. The van der Waals surface area contributed by atoms with E-state index in [1.807, 2.05) is 0 Å². The molecule has 2 N–H and O–H groups in total. The molecule has 1 amide bonds. The highest BCUT2D eigenvalue weighted by molar-refractivity contribution is 6.30. The van der Waals surface area contributed by atoms with Gasteiger partial charge in [-0.2, -0.15) is 10.5 Å². The molecule has 0 radical (unpaired) electrons. The van der Waals surface area contributed by atoms with Crippen molar-refractivity contribution in [1.82, 2.24) is 14.9 Å². The fourth-order valence-electron chi connectivity index (χ4n) is 2.94. The first-order valence-corrected chi connectivity index (χ1v) is 9.30. The Morgan fingerprint density at radius 1 is 1.19 bits per heavy atom. The molecule has 1 aromatic rings. The number of ether oxygens (including phenoxy) is 4. The van der Waals surface area contributed by atoms with Gasteiger partial charge in [0.25, 0.3) is 0 Å². The Hall–Kier alpha value is -3.68. The van der Waals surface area contributed by atoms with Crippen LogP contribution < -0.4 is 16.5 Å². The van der Waals surface area contributed by atoms with E-state index < -0.39 is 54.2 Å². The molecular formula is C17H20N4O10. The van der Waals surface area contributed by atoms with E-state index in [1.54, 1.807) is 6.92 Å². The first-order valence-electron chi connectivity index (χ1n) is 9.30. The van der Waals surface area contributed by atoms with Crippen molar-refractivity contribution in [2.45, 2.75) is 44.3 Å². The van der Waals surface area contributed by atoms with Gasteiger partial charge in [-0.15, -0.1) is 0 Å². The van der Waals surface area contributed by atoms with Gasteiger partial charge in [0.2, 0.25) is 0 Å². The molecular weight excluding hydrogens is 420 g/mol. The Bertz CT molecular complexity index is 932. The van der Waals surface area contributed by atoms with Crippen molar-refractivity contribution in [3.8, 4) is 0 Å². The molecule has 0 bridgehead atoms. The van der Waals surface area contributed by atoms with Gasteiger partial charge in [-0.1, -0.05) is 6.92 Å². The second kappa shape index (κ2) is 9.42. The predicted molar refractivity (Wildman–Crippen MR) is 97.2 cm³/mol. The fourth-order valence-corrected chi connectivity index (χ4v) is 2.94. The number of hydrogen-bond acceptors (Lipinski definition) is 12. The van der Waals surface area contributed by atoms with E-state index in [2.05, 4.69) is 20.6 Å². The zero-order valence-electron chi connectivity index (χ0n) is 16.6. The Morgan fingerprint density at radius 2 is 1.90 bits per heavy atom. The van der Waals surface area contributed by atoms with E-state index in [9.17, 15) is 24.0 Å². The van der Waals surface area contributed by atoms with Crippen LogP contribution in [0.2, 0.25) is 0 Å². The van der Waals surface area contributed by atoms with E-state index >= 15 is 0 Å². The topological polar surface area (TPSA) is 173 Å². The minimum atomic E-state index is -1.24. The van der Waals surface area contributed by atoms with Crippen molar-refractivity contribution in [3.63, 3.8) is 0 Å². The van der Waals surface area contributed by atoms with Crippen LogP contribution in [0.3, 0.4) is 0 Å². The van der Waals surface area contributed by atoms with Crippen LogP contribution in [0.15, 0.2) is 17.1 Å². The average molecular weight is 440 g/mol. The van der Waals surface area contributed by atoms with Crippen LogP contribution in [-0.2, 0) is 38.2 Å². The molecule has 4 atom stereocenters. The third-order valence-electron chi connectivity index (χ3n) is 4.36. The molecule has 168 valence electrons. The van der Waals surface area contributed by atoms with Crippen LogP contribution in [0, 0.1) is 0 Å². The first kappa shape index (κ1) is 22.0. The van der Waals surface area contributed by atoms with Crippen molar-refractivity contribution < 1.29 is 43.0 Å². The molecule has 14 nitrogen and oxygen atoms in total. The molecule has 2 fully saturated rings. The lowest BCUT2D eigenvalue weighted by molar-refractivity contribution is -0.195. The summed E-state index contributed by atoms with van der Waals surface area (Å²) in [4.78, 5) is 66.8. The maximum atomic E-state index is 12.5. The number of fused-ring (bicyclic) bond motifs is 1. The molecule has 1 aromatic heterocycles. The number of carbonyl (C=O) groups excluding carboxylic acids is 4. The lowest BCUT2D eigenvalue weighted by atomic mass is 10.1. The molecule has 0 aliphatic carbocycles. The monoisotopic (exact) mass is 440 g/mol. The van der Waals surface area contributed by atoms with E-state index in [0.29, 0.717) is 6.42 Å². The molecule has 0 saturated carbocycles. The van der Waals surface area contributed by atoms with Gasteiger partial charge < -0.3 is 29.1 Å². The number of hydrogen-bond donors (Lipinski definition) is 2. The van der Waals surface area contributed by atoms with Crippen molar-refractivity contribution in [2.75, 3.05) is 19.1 Å². The van der Waals surface area contributed by atoms with E-state index in [4.69, 9.17) is 18.9 Å². The van der Waals surface area contributed by atoms with E-state index in [0.717, 1.165) is 4.57 Å². The molecule has 0 aromatic carbocycles. The standard InChI is InChI=1S/C17H20N4O10/c1-3-4-10(22)27-7-8-11-12(30-15(24)14(23)29-11)13(28-8)21-6-5-9(19-16(21)25)20-31-17(26)18-2/h5-6,8,11-13H,3-4,7H2,1-2H3,(H,18,26)(H,19,20,25)/t8-,11?,12?,13-/m1/s1. The number of esters is 3. The average Bonchev–Trinajstić information content (AvgIpc) is 3.08. The van der Waals surface area contributed by atoms with Gasteiger partial charge in [0.05, 0.1) is 0 Å². The highest BCUT2D eigenvalue weighted by Gasteiger charge is 2.55. The maximum absolute atomic E-state index is 12.5. The minimum absolute atomic E-state index is 0.0727. The number of nitrogens with one attached hydrogen (secondary N) is 2. The number of aromatic nitrogens is 2. The number of anilines is 1. The molecule has 2 unspecified atom stereocenters. The summed E-state index contributed by atoms with van der Waals surface area (Å²) in [6, 6.07) is 1.30. The normalized spacial score (nSPS) is 24.5. The van der Waals surface area contributed by atoms with Gasteiger partial charge in [0.1, 0.15) is 12.7 Å². The Kier molecular flexibility index (Phi) is 6.69. The van der Waals surface area contributed by atoms with Gasteiger partial charge in [-0.05, 0) is 6.42 Å². The van der Waals surface area contributed by atoms with Crippen molar-refractivity contribution >= 4 is 29.8 Å². The van der Waals surface area contributed by atoms with Crippen molar-refractivity contribution in [2.24, 2.45) is 0 Å². The summed E-state index contributed by atoms with van der Waals surface area (Å²) >= 11 is 0. The molecule has 2 aliphatic rings. The summed E-state index contributed by atoms with van der Waals surface area (Å²) in [6.45, 7) is 1.53. The lowest BCUT2D eigenvalue weighted by Gasteiger charge is -2.27. The summed E-state index contributed by atoms with van der Waals surface area (Å²) in [6.07, 6.45) is -3.22. The quantitative estimate of drug-likeness (QED) is 0.229. The van der Waals surface area contributed by atoms with Crippen LogP contribution in [0.1, 0.15) is 26.0 Å². The number of amides is 1. The van der Waals surface area contributed by atoms with Crippen LogP contribution in [0.5, 0.6) is 0 Å². The van der Waals surface area contributed by atoms with Crippen LogP contribution >= 0.6 is 0 Å². The zero-order valence-corrected chi connectivity index (χ0v) is 16.6.